The van der Waals surface area contributed by atoms with Crippen LogP contribution >= 0.6 is 0 Å². The zero-order chi connectivity index (χ0) is 12.3. The number of hydrogen-bond acceptors (Lipinski definition) is 5. The fourth-order valence-corrected chi connectivity index (χ4v) is 1.32. The van der Waals surface area contributed by atoms with Crippen molar-refractivity contribution in [2.75, 3.05) is 11.1 Å². The zero-order valence-corrected chi connectivity index (χ0v) is 8.97. The van der Waals surface area contributed by atoms with Crippen molar-refractivity contribution in [3.8, 4) is 0 Å². The Morgan fingerprint density at radius 1 is 1.47 bits per heavy atom. The molecular weight excluding hydrogens is 220 g/mol. The van der Waals surface area contributed by atoms with Crippen molar-refractivity contribution in [2.45, 2.75) is 6.54 Å². The molecule has 0 aromatic carbocycles. The van der Waals surface area contributed by atoms with Gasteiger partial charge in [-0.2, -0.15) is 5.10 Å². The number of carbonyl (C=O) groups is 1. The third kappa shape index (κ3) is 2.51. The van der Waals surface area contributed by atoms with Crippen molar-refractivity contribution in [1.82, 2.24) is 15.2 Å². The largest absolute Gasteiger partial charge is 0.384 e. The first-order chi connectivity index (χ1) is 8.16. The third-order valence-corrected chi connectivity index (χ3v) is 2.21. The molecule has 0 aliphatic rings. The summed E-state index contributed by atoms with van der Waals surface area (Å²) in [6, 6.07) is 5.00. The maximum Gasteiger partial charge on any atom is 0.267 e. The van der Waals surface area contributed by atoms with E-state index in [1.54, 1.807) is 24.4 Å². The molecule has 0 bridgehead atoms. The molecule has 2 heterocycles. The van der Waals surface area contributed by atoms with Gasteiger partial charge in [0, 0.05) is 12.1 Å². The molecule has 7 nitrogen and oxygen atoms in total. The molecule has 17 heavy (non-hydrogen) atoms. The number of primary amides is 1. The molecule has 0 aliphatic carbocycles. The average molecular weight is 232 g/mol. The highest BCUT2D eigenvalue weighted by molar-refractivity contribution is 5.91. The standard InChI is InChI=1S/C10H12N6O/c11-9-6(5-14-16-9)4-13-8-3-1-2-7(15-8)10(12)17/h1-3,5H,4H2,(H2,12,17)(H,13,15)(H3,11,14,16). The molecule has 6 N–H and O–H groups in total. The smallest absolute Gasteiger partial charge is 0.267 e. The summed E-state index contributed by atoms with van der Waals surface area (Å²) in [5.41, 5.74) is 11.8. The van der Waals surface area contributed by atoms with E-state index in [0.29, 0.717) is 18.2 Å². The number of nitrogens with two attached hydrogens (primary N) is 2. The molecular formula is C10H12N6O. The topological polar surface area (TPSA) is 123 Å². The first-order valence-electron chi connectivity index (χ1n) is 4.95. The van der Waals surface area contributed by atoms with Crippen LogP contribution in [-0.2, 0) is 6.54 Å². The Morgan fingerprint density at radius 2 is 2.29 bits per heavy atom. The lowest BCUT2D eigenvalue weighted by Crippen LogP contribution is -2.14. The summed E-state index contributed by atoms with van der Waals surface area (Å²) in [4.78, 5) is 15.0. The first kappa shape index (κ1) is 10.9. The first-order valence-corrected chi connectivity index (χ1v) is 4.95. The Labute approximate surface area is 97.2 Å². The fourth-order valence-electron chi connectivity index (χ4n) is 1.32. The third-order valence-electron chi connectivity index (χ3n) is 2.21. The maximum absolute atomic E-state index is 10.9. The van der Waals surface area contributed by atoms with Crippen LogP contribution in [0.4, 0.5) is 11.6 Å². The minimum atomic E-state index is -0.559. The number of nitrogens with zero attached hydrogens (tertiary/aromatic N) is 2. The van der Waals surface area contributed by atoms with Gasteiger partial charge in [-0.25, -0.2) is 4.98 Å². The van der Waals surface area contributed by atoms with E-state index in [9.17, 15) is 4.79 Å². The molecule has 0 saturated heterocycles. The quantitative estimate of drug-likeness (QED) is 0.595. The van der Waals surface area contributed by atoms with Crippen LogP contribution in [0, 0.1) is 0 Å². The number of H-pyrrole nitrogens is 1. The molecule has 88 valence electrons. The Balaban J connectivity index is 2.07. The number of anilines is 2. The molecule has 0 fully saturated rings. The van der Waals surface area contributed by atoms with Crippen LogP contribution in [0.5, 0.6) is 0 Å². The second-order valence-corrected chi connectivity index (χ2v) is 3.43. The predicted octanol–water partition coefficient (Wildman–Crippen LogP) is 0.0979. The van der Waals surface area contributed by atoms with Crippen molar-refractivity contribution in [1.29, 1.82) is 0 Å². The maximum atomic E-state index is 10.9. The number of aromatic nitrogens is 3. The average Bonchev–Trinajstić information content (AvgIpc) is 2.72. The van der Waals surface area contributed by atoms with E-state index >= 15 is 0 Å². The van der Waals surface area contributed by atoms with E-state index in [2.05, 4.69) is 20.5 Å². The summed E-state index contributed by atoms with van der Waals surface area (Å²) < 4.78 is 0. The molecule has 2 aromatic rings. The second kappa shape index (κ2) is 4.52. The second-order valence-electron chi connectivity index (χ2n) is 3.43. The van der Waals surface area contributed by atoms with Gasteiger partial charge < -0.3 is 16.8 Å². The van der Waals surface area contributed by atoms with Crippen molar-refractivity contribution < 1.29 is 4.79 Å². The molecule has 2 rings (SSSR count). The lowest BCUT2D eigenvalue weighted by molar-refractivity contribution is 0.0995. The number of pyridine rings is 1. The summed E-state index contributed by atoms with van der Waals surface area (Å²) in [5.74, 6) is 0.502. The van der Waals surface area contributed by atoms with Gasteiger partial charge in [-0.3, -0.25) is 9.89 Å². The van der Waals surface area contributed by atoms with Crippen LogP contribution in [0.15, 0.2) is 24.4 Å². The van der Waals surface area contributed by atoms with E-state index in [4.69, 9.17) is 11.5 Å². The summed E-state index contributed by atoms with van der Waals surface area (Å²) in [5, 5.41) is 9.45. The van der Waals surface area contributed by atoms with Gasteiger partial charge in [-0.1, -0.05) is 6.07 Å². The molecule has 2 aromatic heterocycles. The van der Waals surface area contributed by atoms with Gasteiger partial charge in [0.1, 0.15) is 17.3 Å². The van der Waals surface area contributed by atoms with Gasteiger partial charge in [0.05, 0.1) is 6.20 Å². The number of nitrogen functional groups attached to an aromatic ring is 1. The van der Waals surface area contributed by atoms with Crippen molar-refractivity contribution in [3.63, 3.8) is 0 Å². The van der Waals surface area contributed by atoms with Crippen molar-refractivity contribution in [3.05, 3.63) is 35.7 Å². The normalized spacial score (nSPS) is 10.1. The lowest BCUT2D eigenvalue weighted by atomic mass is 10.3. The van der Waals surface area contributed by atoms with Crippen LogP contribution in [0.2, 0.25) is 0 Å². The highest BCUT2D eigenvalue weighted by Crippen LogP contribution is 2.10. The Bertz CT molecular complexity index is 535. The molecule has 0 atom stereocenters. The molecule has 0 radical (unpaired) electrons. The van der Waals surface area contributed by atoms with E-state index < -0.39 is 5.91 Å². The summed E-state index contributed by atoms with van der Waals surface area (Å²) in [6.45, 7) is 0.470. The highest BCUT2D eigenvalue weighted by Gasteiger charge is 2.04. The van der Waals surface area contributed by atoms with E-state index in [0.717, 1.165) is 5.56 Å². The van der Waals surface area contributed by atoms with Crippen LogP contribution in [0.3, 0.4) is 0 Å². The van der Waals surface area contributed by atoms with Gasteiger partial charge >= 0.3 is 0 Å². The highest BCUT2D eigenvalue weighted by atomic mass is 16.1. The van der Waals surface area contributed by atoms with Gasteiger partial charge in [-0.05, 0) is 12.1 Å². The van der Waals surface area contributed by atoms with Gasteiger partial charge in [0.2, 0.25) is 0 Å². The number of aromatic amines is 1. The Morgan fingerprint density at radius 3 is 2.94 bits per heavy atom. The van der Waals surface area contributed by atoms with Crippen LogP contribution in [0.1, 0.15) is 16.1 Å². The van der Waals surface area contributed by atoms with Crippen molar-refractivity contribution >= 4 is 17.5 Å². The molecule has 7 heteroatoms. The number of hydrogen-bond donors (Lipinski definition) is 4. The minimum Gasteiger partial charge on any atom is -0.384 e. The van der Waals surface area contributed by atoms with Crippen LogP contribution in [0.25, 0.3) is 0 Å². The summed E-state index contributed by atoms with van der Waals surface area (Å²) in [6.07, 6.45) is 1.63. The molecule has 1 amide bonds. The van der Waals surface area contributed by atoms with E-state index in [1.807, 2.05) is 0 Å². The zero-order valence-electron chi connectivity index (χ0n) is 8.97. The number of rotatable bonds is 4. The minimum absolute atomic E-state index is 0.218. The number of amides is 1. The van der Waals surface area contributed by atoms with E-state index in [-0.39, 0.29) is 5.69 Å². The van der Waals surface area contributed by atoms with Gasteiger partial charge in [0.25, 0.3) is 5.91 Å². The Hall–Kier alpha value is -2.57. The SMILES string of the molecule is NC(=O)c1cccc(NCc2cn[nH]c2N)n1. The lowest BCUT2D eigenvalue weighted by Gasteiger charge is -2.05. The number of carbonyl (C=O) groups excluding carboxylic acids is 1. The number of nitrogens with one attached hydrogen (secondary N) is 2. The van der Waals surface area contributed by atoms with Crippen molar-refractivity contribution in [2.24, 2.45) is 5.73 Å². The summed E-state index contributed by atoms with van der Waals surface area (Å²) in [7, 11) is 0. The molecule has 0 aliphatic heterocycles. The molecule has 0 saturated carbocycles. The van der Waals surface area contributed by atoms with E-state index in [1.165, 1.54) is 0 Å². The molecule has 0 spiro atoms. The van der Waals surface area contributed by atoms with Gasteiger partial charge in [-0.15, -0.1) is 0 Å². The summed E-state index contributed by atoms with van der Waals surface area (Å²) >= 11 is 0. The van der Waals surface area contributed by atoms with Crippen LogP contribution < -0.4 is 16.8 Å². The predicted molar refractivity (Wildman–Crippen MR) is 63.1 cm³/mol. The molecule has 0 unspecified atom stereocenters. The van der Waals surface area contributed by atoms with Crippen LogP contribution in [-0.4, -0.2) is 21.1 Å². The fraction of sp³-hybridized carbons (Fsp3) is 0.100. The monoisotopic (exact) mass is 232 g/mol. The Kier molecular flexibility index (Phi) is 2.91. The van der Waals surface area contributed by atoms with Gasteiger partial charge in [0.15, 0.2) is 0 Å².